The molecule has 102 valence electrons. The minimum Gasteiger partial charge on any atom is -0.360 e. The van der Waals surface area contributed by atoms with Gasteiger partial charge in [0, 0.05) is 28.0 Å². The van der Waals surface area contributed by atoms with Crippen molar-refractivity contribution in [3.63, 3.8) is 0 Å². The number of nitrogens with zero attached hydrogens (tertiary/aromatic N) is 1. The number of fused-ring (bicyclic) bond motifs is 2. The zero-order chi connectivity index (χ0) is 14.4. The highest BCUT2D eigenvalue weighted by Crippen LogP contribution is 2.29. The molecule has 4 aromatic rings. The van der Waals surface area contributed by atoms with Gasteiger partial charge in [0.25, 0.3) is 0 Å². The zero-order valence-electron chi connectivity index (χ0n) is 11.5. The standard InChI is InChI=1S/C18H13FN2/c1-11-2-3-12-4-7-16(21-17(12)8-11)15-10-20-18-9-13(19)5-6-14(15)18/h2-10,20H,1H3. The van der Waals surface area contributed by atoms with Crippen molar-refractivity contribution < 1.29 is 4.39 Å². The van der Waals surface area contributed by atoms with E-state index < -0.39 is 0 Å². The van der Waals surface area contributed by atoms with Crippen LogP contribution < -0.4 is 0 Å². The van der Waals surface area contributed by atoms with E-state index in [1.54, 1.807) is 6.07 Å². The highest BCUT2D eigenvalue weighted by Gasteiger charge is 2.08. The summed E-state index contributed by atoms with van der Waals surface area (Å²) in [7, 11) is 0. The van der Waals surface area contributed by atoms with E-state index in [0.717, 1.165) is 33.1 Å². The molecule has 0 aliphatic carbocycles. The second-order valence-corrected chi connectivity index (χ2v) is 5.28. The summed E-state index contributed by atoms with van der Waals surface area (Å²) in [6.07, 6.45) is 1.88. The van der Waals surface area contributed by atoms with E-state index in [1.807, 2.05) is 12.3 Å². The molecule has 0 amide bonds. The molecule has 3 heteroatoms. The van der Waals surface area contributed by atoms with Crippen LogP contribution in [-0.2, 0) is 0 Å². The predicted molar refractivity (Wildman–Crippen MR) is 83.7 cm³/mol. The summed E-state index contributed by atoms with van der Waals surface area (Å²) < 4.78 is 13.3. The van der Waals surface area contributed by atoms with E-state index in [1.165, 1.54) is 17.7 Å². The number of aromatic nitrogens is 2. The molecule has 0 atom stereocenters. The van der Waals surface area contributed by atoms with E-state index in [0.29, 0.717) is 0 Å². The summed E-state index contributed by atoms with van der Waals surface area (Å²) in [5.74, 6) is -0.238. The molecule has 21 heavy (non-hydrogen) atoms. The van der Waals surface area contributed by atoms with Crippen molar-refractivity contribution in [1.29, 1.82) is 0 Å². The number of aryl methyl sites for hydroxylation is 1. The first kappa shape index (κ1) is 12.1. The molecule has 0 fully saturated rings. The second-order valence-electron chi connectivity index (χ2n) is 5.28. The SMILES string of the molecule is Cc1ccc2ccc(-c3c[nH]c4cc(F)ccc34)nc2c1. The fraction of sp³-hybridized carbons (Fsp3) is 0.0556. The molecule has 0 bridgehead atoms. The lowest BCUT2D eigenvalue weighted by atomic mass is 10.1. The molecule has 0 radical (unpaired) electrons. The van der Waals surface area contributed by atoms with Gasteiger partial charge < -0.3 is 4.98 Å². The molecule has 2 aromatic carbocycles. The highest BCUT2D eigenvalue weighted by molar-refractivity contribution is 5.95. The lowest BCUT2D eigenvalue weighted by Crippen LogP contribution is -1.85. The number of hydrogen-bond acceptors (Lipinski definition) is 1. The van der Waals surface area contributed by atoms with Crippen molar-refractivity contribution >= 4 is 21.8 Å². The minimum atomic E-state index is -0.238. The van der Waals surface area contributed by atoms with Crippen LogP contribution in [0.3, 0.4) is 0 Å². The third kappa shape index (κ3) is 1.98. The van der Waals surface area contributed by atoms with Crippen molar-refractivity contribution in [3.8, 4) is 11.3 Å². The summed E-state index contributed by atoms with van der Waals surface area (Å²) in [6, 6.07) is 15.1. The Kier molecular flexibility index (Phi) is 2.54. The van der Waals surface area contributed by atoms with Gasteiger partial charge in [-0.3, -0.25) is 0 Å². The number of halogens is 1. The van der Waals surface area contributed by atoms with Crippen molar-refractivity contribution in [2.45, 2.75) is 6.92 Å². The summed E-state index contributed by atoms with van der Waals surface area (Å²) in [4.78, 5) is 7.84. The van der Waals surface area contributed by atoms with Crippen LogP contribution in [0.4, 0.5) is 4.39 Å². The topological polar surface area (TPSA) is 28.7 Å². The van der Waals surface area contributed by atoms with Gasteiger partial charge in [0.15, 0.2) is 0 Å². The Morgan fingerprint density at radius 3 is 2.76 bits per heavy atom. The van der Waals surface area contributed by atoms with Crippen LogP contribution in [0.1, 0.15) is 5.56 Å². The van der Waals surface area contributed by atoms with Crippen LogP contribution in [-0.4, -0.2) is 9.97 Å². The van der Waals surface area contributed by atoms with Gasteiger partial charge in [-0.25, -0.2) is 9.37 Å². The first-order valence-electron chi connectivity index (χ1n) is 6.85. The van der Waals surface area contributed by atoms with E-state index in [2.05, 4.69) is 36.2 Å². The maximum atomic E-state index is 13.3. The minimum absolute atomic E-state index is 0.238. The number of hydrogen-bond donors (Lipinski definition) is 1. The largest absolute Gasteiger partial charge is 0.360 e. The molecule has 2 nitrogen and oxygen atoms in total. The number of benzene rings is 2. The predicted octanol–water partition coefficient (Wildman–Crippen LogP) is 4.83. The Morgan fingerprint density at radius 2 is 1.86 bits per heavy atom. The van der Waals surface area contributed by atoms with Gasteiger partial charge in [-0.05, 0) is 42.8 Å². The summed E-state index contributed by atoms with van der Waals surface area (Å²) >= 11 is 0. The normalized spacial score (nSPS) is 11.3. The van der Waals surface area contributed by atoms with Gasteiger partial charge in [-0.2, -0.15) is 0 Å². The molecule has 0 spiro atoms. The van der Waals surface area contributed by atoms with Gasteiger partial charge in [0.05, 0.1) is 11.2 Å². The molecule has 2 heterocycles. The van der Waals surface area contributed by atoms with E-state index in [4.69, 9.17) is 4.98 Å². The highest BCUT2D eigenvalue weighted by atomic mass is 19.1. The fourth-order valence-electron chi connectivity index (χ4n) is 2.69. The lowest BCUT2D eigenvalue weighted by molar-refractivity contribution is 0.629. The Labute approximate surface area is 121 Å². The molecule has 0 unspecified atom stereocenters. The van der Waals surface area contributed by atoms with E-state index >= 15 is 0 Å². The first-order valence-corrected chi connectivity index (χ1v) is 6.85. The van der Waals surface area contributed by atoms with Crippen LogP contribution in [0.25, 0.3) is 33.1 Å². The number of H-pyrrole nitrogens is 1. The lowest BCUT2D eigenvalue weighted by Gasteiger charge is -2.03. The third-order valence-corrected chi connectivity index (χ3v) is 3.77. The van der Waals surface area contributed by atoms with Gasteiger partial charge in [0.2, 0.25) is 0 Å². The van der Waals surface area contributed by atoms with Gasteiger partial charge >= 0.3 is 0 Å². The van der Waals surface area contributed by atoms with Crippen molar-refractivity contribution in [2.75, 3.05) is 0 Å². The van der Waals surface area contributed by atoms with Crippen LogP contribution in [0.2, 0.25) is 0 Å². The van der Waals surface area contributed by atoms with Crippen LogP contribution >= 0.6 is 0 Å². The quantitative estimate of drug-likeness (QED) is 0.530. The molecule has 0 saturated heterocycles. The Hall–Kier alpha value is -2.68. The summed E-state index contributed by atoms with van der Waals surface area (Å²) in [6.45, 7) is 2.06. The molecule has 0 saturated carbocycles. The Bertz CT molecular complexity index is 969. The van der Waals surface area contributed by atoms with E-state index in [9.17, 15) is 4.39 Å². The maximum absolute atomic E-state index is 13.3. The van der Waals surface area contributed by atoms with Gasteiger partial charge in [0.1, 0.15) is 5.82 Å². The fourth-order valence-corrected chi connectivity index (χ4v) is 2.69. The van der Waals surface area contributed by atoms with Crippen LogP contribution in [0, 0.1) is 12.7 Å². The number of nitrogens with one attached hydrogen (secondary N) is 1. The molecule has 0 aliphatic rings. The zero-order valence-corrected chi connectivity index (χ0v) is 11.5. The van der Waals surface area contributed by atoms with Gasteiger partial charge in [-0.15, -0.1) is 0 Å². The maximum Gasteiger partial charge on any atom is 0.125 e. The summed E-state index contributed by atoms with van der Waals surface area (Å²) in [5, 5.41) is 2.10. The molecule has 1 N–H and O–H groups in total. The summed E-state index contributed by atoms with van der Waals surface area (Å²) in [5.41, 5.74) is 4.84. The number of rotatable bonds is 1. The third-order valence-electron chi connectivity index (χ3n) is 3.77. The first-order chi connectivity index (χ1) is 10.2. The smallest absolute Gasteiger partial charge is 0.125 e. The molecular formula is C18H13FN2. The van der Waals surface area contributed by atoms with Crippen LogP contribution in [0.5, 0.6) is 0 Å². The van der Waals surface area contributed by atoms with Crippen molar-refractivity contribution in [2.24, 2.45) is 0 Å². The molecular weight excluding hydrogens is 263 g/mol. The van der Waals surface area contributed by atoms with E-state index in [-0.39, 0.29) is 5.82 Å². The van der Waals surface area contributed by atoms with Crippen LogP contribution in [0.15, 0.2) is 54.7 Å². The Morgan fingerprint density at radius 1 is 1.00 bits per heavy atom. The second kappa shape index (κ2) is 4.42. The number of aromatic amines is 1. The van der Waals surface area contributed by atoms with Gasteiger partial charge in [-0.1, -0.05) is 18.2 Å². The molecule has 4 rings (SSSR count). The van der Waals surface area contributed by atoms with Crippen molar-refractivity contribution in [3.05, 3.63) is 66.1 Å². The van der Waals surface area contributed by atoms with Crippen molar-refractivity contribution in [1.82, 2.24) is 9.97 Å². The monoisotopic (exact) mass is 276 g/mol. The number of pyridine rings is 1. The average Bonchev–Trinajstić information content (AvgIpc) is 2.89. The Balaban J connectivity index is 1.95. The molecule has 2 aromatic heterocycles. The average molecular weight is 276 g/mol. The molecule has 0 aliphatic heterocycles.